The third-order valence-corrected chi connectivity index (χ3v) is 7.09. The molecule has 1 aliphatic heterocycles. The molecule has 0 saturated heterocycles. The molecule has 0 radical (unpaired) electrons. The van der Waals surface area contributed by atoms with Gasteiger partial charge in [-0.2, -0.15) is 0 Å². The molecule has 0 spiro atoms. The predicted molar refractivity (Wildman–Crippen MR) is 131 cm³/mol. The summed E-state index contributed by atoms with van der Waals surface area (Å²) in [7, 11) is 0. The van der Waals surface area contributed by atoms with Crippen LogP contribution in [0.1, 0.15) is 70.3 Å². The van der Waals surface area contributed by atoms with E-state index in [1.54, 1.807) is 12.1 Å². The average Bonchev–Trinajstić information content (AvgIpc) is 3.80. The van der Waals surface area contributed by atoms with E-state index >= 15 is 0 Å². The Balaban J connectivity index is 1.24. The van der Waals surface area contributed by atoms with Crippen LogP contribution in [0.25, 0.3) is 0 Å². The first-order valence-electron chi connectivity index (χ1n) is 12.6. The number of hydrogen-bond acceptors (Lipinski definition) is 4. The number of furan rings is 1. The van der Waals surface area contributed by atoms with Crippen molar-refractivity contribution >= 4 is 11.8 Å². The van der Waals surface area contributed by atoms with Gasteiger partial charge in [0.15, 0.2) is 5.76 Å². The van der Waals surface area contributed by atoms with Crippen LogP contribution in [0.3, 0.4) is 0 Å². The largest absolute Gasteiger partial charge is 0.486 e. The third-order valence-electron chi connectivity index (χ3n) is 7.09. The second-order valence-electron chi connectivity index (χ2n) is 10.0. The summed E-state index contributed by atoms with van der Waals surface area (Å²) >= 11 is 0. The quantitative estimate of drug-likeness (QED) is 0.531. The molecule has 2 saturated carbocycles. The van der Waals surface area contributed by atoms with Gasteiger partial charge in [-0.05, 0) is 80.0 Å². The fraction of sp³-hybridized carbons (Fsp3) is 0.379. The molecule has 0 unspecified atom stereocenters. The number of nitrogens with one attached hydrogen (secondary N) is 1. The number of carbonyl (C=O) groups is 2. The van der Waals surface area contributed by atoms with E-state index in [2.05, 4.69) is 53.5 Å². The topological polar surface area (TPSA) is 71.8 Å². The Bertz CT molecular complexity index is 1270. The van der Waals surface area contributed by atoms with Gasteiger partial charge in [-0.15, -0.1) is 0 Å². The van der Waals surface area contributed by atoms with Crippen LogP contribution in [-0.4, -0.2) is 29.3 Å². The van der Waals surface area contributed by atoms with Crippen molar-refractivity contribution in [1.82, 2.24) is 10.2 Å². The normalized spacial score (nSPS) is 19.2. The highest BCUT2D eigenvalue weighted by Gasteiger charge is 2.39. The number of benzene rings is 2. The molecule has 1 atom stereocenters. The minimum atomic E-state index is -0.172. The van der Waals surface area contributed by atoms with Crippen LogP contribution >= 0.6 is 0 Å². The summed E-state index contributed by atoms with van der Waals surface area (Å²) in [5.41, 5.74) is 4.69. The van der Waals surface area contributed by atoms with Crippen LogP contribution in [-0.2, 0) is 17.8 Å². The van der Waals surface area contributed by atoms with Gasteiger partial charge in [-0.1, -0.05) is 35.9 Å². The molecule has 3 aliphatic rings. The summed E-state index contributed by atoms with van der Waals surface area (Å²) in [6.07, 6.45) is 4.90. The predicted octanol–water partition coefficient (Wildman–Crippen LogP) is 4.94. The van der Waals surface area contributed by atoms with Gasteiger partial charge in [0, 0.05) is 18.5 Å². The molecule has 6 heteroatoms. The summed E-state index contributed by atoms with van der Waals surface area (Å²) in [4.78, 5) is 27.5. The highest BCUT2D eigenvalue weighted by Crippen LogP contribution is 2.41. The molecule has 6 nitrogen and oxygen atoms in total. The number of fused-ring (bicyclic) bond motifs is 1. The van der Waals surface area contributed by atoms with Gasteiger partial charge in [0.05, 0.1) is 6.04 Å². The summed E-state index contributed by atoms with van der Waals surface area (Å²) in [6.45, 7) is 3.05. The van der Waals surface area contributed by atoms with Gasteiger partial charge in [0.25, 0.3) is 5.91 Å². The lowest BCUT2D eigenvalue weighted by molar-refractivity contribution is -0.134. The van der Waals surface area contributed by atoms with Crippen molar-refractivity contribution < 1.29 is 18.7 Å². The van der Waals surface area contributed by atoms with Crippen LogP contribution in [0.4, 0.5) is 0 Å². The van der Waals surface area contributed by atoms with Gasteiger partial charge >= 0.3 is 0 Å². The number of carbonyl (C=O) groups excluding carboxylic acids is 2. The maximum Gasteiger partial charge on any atom is 0.287 e. The standard InChI is InChI=1S/C29H30N2O4/c1-18-3-2-4-21(15-18)27-25-16-23(10-7-19(25)13-14-31(27)29(33)20-5-6-20)34-17-24-11-12-26(35-24)28(32)30-22-8-9-22/h2-4,7,10-12,15-16,20,22,27H,5-6,8-9,13-14,17H2,1H3,(H,30,32)/t27-/m1/s1. The van der Waals surface area contributed by atoms with Crippen molar-refractivity contribution in [3.63, 3.8) is 0 Å². The van der Waals surface area contributed by atoms with Gasteiger partial charge in [0.2, 0.25) is 5.91 Å². The summed E-state index contributed by atoms with van der Waals surface area (Å²) in [6, 6.07) is 18.3. The number of amides is 2. The van der Waals surface area contributed by atoms with Crippen molar-refractivity contribution in [3.8, 4) is 5.75 Å². The van der Waals surface area contributed by atoms with Gasteiger partial charge in [0.1, 0.15) is 18.1 Å². The highest BCUT2D eigenvalue weighted by molar-refractivity contribution is 5.91. The summed E-state index contributed by atoms with van der Waals surface area (Å²) in [5, 5.41) is 2.94. The second-order valence-corrected chi connectivity index (χ2v) is 10.0. The van der Waals surface area contributed by atoms with Gasteiger partial charge in [-0.25, -0.2) is 0 Å². The van der Waals surface area contributed by atoms with Crippen LogP contribution in [0, 0.1) is 12.8 Å². The number of nitrogens with zero attached hydrogens (tertiary/aromatic N) is 1. The molecule has 180 valence electrons. The number of ether oxygens (including phenoxy) is 1. The smallest absolute Gasteiger partial charge is 0.287 e. The van der Waals surface area contributed by atoms with Crippen molar-refractivity contribution in [2.45, 2.75) is 57.7 Å². The lowest BCUT2D eigenvalue weighted by atomic mass is 9.87. The SMILES string of the molecule is Cc1cccc([C@@H]2c3cc(OCc4ccc(C(=O)NC5CC5)o4)ccc3CCN2C(=O)C2CC2)c1. The van der Waals surface area contributed by atoms with E-state index in [4.69, 9.17) is 9.15 Å². The molecule has 0 bridgehead atoms. The number of rotatable bonds is 7. The number of aryl methyl sites for hydroxylation is 1. The minimum Gasteiger partial charge on any atom is -0.486 e. The zero-order chi connectivity index (χ0) is 23.9. The molecule has 3 aromatic rings. The first-order valence-corrected chi connectivity index (χ1v) is 12.6. The lowest BCUT2D eigenvalue weighted by Gasteiger charge is -2.38. The van der Waals surface area contributed by atoms with Crippen LogP contribution in [0.5, 0.6) is 5.75 Å². The maximum absolute atomic E-state index is 13.2. The molecule has 1 aromatic heterocycles. The maximum atomic E-state index is 13.2. The van der Waals surface area contributed by atoms with Crippen LogP contribution < -0.4 is 10.1 Å². The fourth-order valence-electron chi connectivity index (χ4n) is 4.90. The molecule has 2 fully saturated rings. The Hall–Kier alpha value is -3.54. The first-order chi connectivity index (χ1) is 17.0. The minimum absolute atomic E-state index is 0.114. The van der Waals surface area contributed by atoms with E-state index < -0.39 is 0 Å². The Kier molecular flexibility index (Phi) is 5.59. The van der Waals surface area contributed by atoms with Gasteiger partial charge in [-0.3, -0.25) is 9.59 Å². The molecular weight excluding hydrogens is 440 g/mol. The molecule has 35 heavy (non-hydrogen) atoms. The number of hydrogen-bond donors (Lipinski definition) is 1. The lowest BCUT2D eigenvalue weighted by Crippen LogP contribution is -2.41. The zero-order valence-electron chi connectivity index (χ0n) is 20.0. The fourth-order valence-corrected chi connectivity index (χ4v) is 4.90. The summed E-state index contributed by atoms with van der Waals surface area (Å²) in [5.74, 6) is 1.91. The Morgan fingerprint density at radius 1 is 1.06 bits per heavy atom. The molecule has 2 aromatic carbocycles. The van der Waals surface area contributed by atoms with Crippen molar-refractivity contribution in [3.05, 3.63) is 88.4 Å². The third kappa shape index (κ3) is 4.70. The van der Waals surface area contributed by atoms with E-state index in [0.717, 1.165) is 55.5 Å². The van der Waals surface area contributed by atoms with Crippen molar-refractivity contribution in [2.24, 2.45) is 5.92 Å². The van der Waals surface area contributed by atoms with Crippen molar-refractivity contribution in [1.29, 1.82) is 0 Å². The summed E-state index contributed by atoms with van der Waals surface area (Å²) < 4.78 is 11.8. The molecule has 2 heterocycles. The Morgan fingerprint density at radius 3 is 2.69 bits per heavy atom. The van der Waals surface area contributed by atoms with Crippen LogP contribution in [0.15, 0.2) is 59.0 Å². The zero-order valence-corrected chi connectivity index (χ0v) is 20.0. The molecule has 2 aliphatic carbocycles. The van der Waals surface area contributed by atoms with Crippen molar-refractivity contribution in [2.75, 3.05) is 6.54 Å². The Morgan fingerprint density at radius 2 is 1.91 bits per heavy atom. The van der Waals surface area contributed by atoms with Gasteiger partial charge < -0.3 is 19.4 Å². The van der Waals surface area contributed by atoms with E-state index in [0.29, 0.717) is 11.5 Å². The van der Waals surface area contributed by atoms with E-state index in [9.17, 15) is 9.59 Å². The average molecular weight is 471 g/mol. The first kappa shape index (κ1) is 22.0. The van der Waals surface area contributed by atoms with Crippen LogP contribution in [0.2, 0.25) is 0 Å². The molecule has 2 amide bonds. The van der Waals surface area contributed by atoms with E-state index in [-0.39, 0.29) is 36.4 Å². The molecule has 6 rings (SSSR count). The van der Waals surface area contributed by atoms with E-state index in [1.807, 2.05) is 6.07 Å². The second kappa shape index (κ2) is 8.91. The van der Waals surface area contributed by atoms with E-state index in [1.165, 1.54) is 11.1 Å². The molecular formula is C29H30N2O4. The Labute approximate surface area is 205 Å². The molecule has 1 N–H and O–H groups in total. The monoisotopic (exact) mass is 470 g/mol. The highest BCUT2D eigenvalue weighted by atomic mass is 16.5.